The molecular formula is C16H24N2O4. The molecule has 2 N–H and O–H groups in total. The van der Waals surface area contributed by atoms with E-state index >= 15 is 0 Å². The van der Waals surface area contributed by atoms with Gasteiger partial charge in [-0.2, -0.15) is 0 Å². The molecule has 0 aromatic heterocycles. The van der Waals surface area contributed by atoms with Crippen LogP contribution in [0.3, 0.4) is 0 Å². The summed E-state index contributed by atoms with van der Waals surface area (Å²) < 4.78 is 10.2. The van der Waals surface area contributed by atoms with Gasteiger partial charge in [0.1, 0.15) is 0 Å². The van der Waals surface area contributed by atoms with E-state index in [2.05, 4.69) is 10.6 Å². The first-order valence-electron chi connectivity index (χ1n) is 7.57. The number of anilines is 1. The molecule has 6 heteroatoms. The number of carbonyl (C=O) groups excluding carboxylic acids is 2. The van der Waals surface area contributed by atoms with Crippen molar-refractivity contribution in [3.05, 3.63) is 29.8 Å². The van der Waals surface area contributed by atoms with E-state index in [9.17, 15) is 9.59 Å². The second kappa shape index (κ2) is 10.6. The van der Waals surface area contributed by atoms with Gasteiger partial charge in [0.05, 0.1) is 18.8 Å². The molecule has 0 aliphatic rings. The Bertz CT molecular complexity index is 460. The molecule has 0 aliphatic carbocycles. The zero-order valence-corrected chi connectivity index (χ0v) is 13.2. The van der Waals surface area contributed by atoms with Gasteiger partial charge < -0.3 is 20.1 Å². The van der Waals surface area contributed by atoms with Gasteiger partial charge in [-0.15, -0.1) is 0 Å². The second-order valence-corrected chi connectivity index (χ2v) is 4.64. The first kappa shape index (κ1) is 18.0. The number of rotatable bonds is 9. The maximum atomic E-state index is 11.7. The fourth-order valence-corrected chi connectivity index (χ4v) is 1.64. The Hall–Kier alpha value is -2.08. The van der Waals surface area contributed by atoms with Crippen LogP contribution >= 0.6 is 0 Å². The molecule has 0 radical (unpaired) electrons. The molecular weight excluding hydrogens is 284 g/mol. The highest BCUT2D eigenvalue weighted by atomic mass is 16.5. The quantitative estimate of drug-likeness (QED) is 0.543. The van der Waals surface area contributed by atoms with Gasteiger partial charge in [0, 0.05) is 18.8 Å². The third-order valence-electron chi connectivity index (χ3n) is 2.85. The van der Waals surface area contributed by atoms with E-state index < -0.39 is 0 Å². The van der Waals surface area contributed by atoms with Crippen LogP contribution in [-0.4, -0.2) is 38.4 Å². The fourth-order valence-electron chi connectivity index (χ4n) is 1.64. The maximum absolute atomic E-state index is 11.7. The molecule has 0 heterocycles. The number of hydrogen-bond donors (Lipinski definition) is 2. The van der Waals surface area contributed by atoms with E-state index in [1.54, 1.807) is 24.3 Å². The largest absolute Gasteiger partial charge is 0.462 e. The van der Waals surface area contributed by atoms with E-state index in [4.69, 9.17) is 9.47 Å². The van der Waals surface area contributed by atoms with E-state index in [-0.39, 0.29) is 12.0 Å². The molecule has 0 aliphatic heterocycles. The lowest BCUT2D eigenvalue weighted by molar-refractivity contribution is 0.0500. The van der Waals surface area contributed by atoms with Crippen molar-refractivity contribution in [2.24, 2.45) is 0 Å². The van der Waals surface area contributed by atoms with Crippen molar-refractivity contribution in [2.75, 3.05) is 31.7 Å². The summed E-state index contributed by atoms with van der Waals surface area (Å²) in [5, 5.41) is 5.35. The molecule has 1 aromatic carbocycles. The van der Waals surface area contributed by atoms with Crippen LogP contribution in [-0.2, 0) is 9.47 Å². The Kier molecular flexibility index (Phi) is 8.67. The molecule has 22 heavy (non-hydrogen) atoms. The maximum Gasteiger partial charge on any atom is 0.338 e. The summed E-state index contributed by atoms with van der Waals surface area (Å²) in [7, 11) is 0. The SMILES string of the molecule is CCCCOC(=O)c1ccc(NC(=O)NCCOCC)cc1. The van der Waals surface area contributed by atoms with Crippen molar-refractivity contribution < 1.29 is 19.1 Å². The Morgan fingerprint density at radius 1 is 1.09 bits per heavy atom. The summed E-state index contributed by atoms with van der Waals surface area (Å²) in [5.74, 6) is -0.346. The molecule has 122 valence electrons. The van der Waals surface area contributed by atoms with Crippen molar-refractivity contribution in [3.8, 4) is 0 Å². The molecule has 0 bridgehead atoms. The predicted octanol–water partition coefficient (Wildman–Crippen LogP) is 2.80. The van der Waals surface area contributed by atoms with Crippen molar-refractivity contribution in [2.45, 2.75) is 26.7 Å². The highest BCUT2D eigenvalue weighted by molar-refractivity contribution is 5.92. The molecule has 0 saturated carbocycles. The highest BCUT2D eigenvalue weighted by Gasteiger charge is 2.07. The summed E-state index contributed by atoms with van der Waals surface area (Å²) in [4.78, 5) is 23.3. The topological polar surface area (TPSA) is 76.7 Å². The van der Waals surface area contributed by atoms with Gasteiger partial charge >= 0.3 is 12.0 Å². The Labute approximate surface area is 131 Å². The number of nitrogens with one attached hydrogen (secondary N) is 2. The van der Waals surface area contributed by atoms with E-state index in [1.165, 1.54) is 0 Å². The van der Waals surface area contributed by atoms with Crippen LogP contribution in [0.5, 0.6) is 0 Å². The lowest BCUT2D eigenvalue weighted by atomic mass is 10.2. The lowest BCUT2D eigenvalue weighted by Crippen LogP contribution is -2.31. The molecule has 0 fully saturated rings. The van der Waals surface area contributed by atoms with Crippen LogP contribution in [0, 0.1) is 0 Å². The van der Waals surface area contributed by atoms with Crippen molar-refractivity contribution in [1.82, 2.24) is 5.32 Å². The summed E-state index contributed by atoms with van der Waals surface area (Å²) in [6, 6.07) is 6.28. The zero-order valence-electron chi connectivity index (χ0n) is 13.2. The highest BCUT2D eigenvalue weighted by Crippen LogP contribution is 2.10. The number of unbranched alkanes of at least 4 members (excludes halogenated alkanes) is 1. The Morgan fingerprint density at radius 2 is 1.82 bits per heavy atom. The monoisotopic (exact) mass is 308 g/mol. The van der Waals surface area contributed by atoms with Crippen LogP contribution in [0.2, 0.25) is 0 Å². The minimum absolute atomic E-state index is 0.307. The van der Waals surface area contributed by atoms with Crippen LogP contribution in [0.1, 0.15) is 37.0 Å². The lowest BCUT2D eigenvalue weighted by Gasteiger charge is -2.08. The molecule has 0 spiro atoms. The number of carbonyl (C=O) groups is 2. The standard InChI is InChI=1S/C16H24N2O4/c1-3-5-11-22-15(19)13-6-8-14(9-7-13)18-16(20)17-10-12-21-4-2/h6-9H,3-5,10-12H2,1-2H3,(H2,17,18,20). The van der Waals surface area contributed by atoms with E-state index in [0.717, 1.165) is 12.8 Å². The minimum Gasteiger partial charge on any atom is -0.462 e. The van der Waals surface area contributed by atoms with Gasteiger partial charge in [-0.25, -0.2) is 9.59 Å². The smallest absolute Gasteiger partial charge is 0.338 e. The third kappa shape index (κ3) is 7.08. The van der Waals surface area contributed by atoms with Gasteiger partial charge in [-0.3, -0.25) is 0 Å². The summed E-state index contributed by atoms with van der Waals surface area (Å²) in [6.45, 7) is 5.91. The van der Waals surface area contributed by atoms with Crippen LogP contribution < -0.4 is 10.6 Å². The normalized spacial score (nSPS) is 10.1. The van der Waals surface area contributed by atoms with E-state index in [0.29, 0.717) is 37.6 Å². The number of benzene rings is 1. The van der Waals surface area contributed by atoms with Crippen LogP contribution in [0.25, 0.3) is 0 Å². The van der Waals surface area contributed by atoms with Crippen molar-refractivity contribution in [3.63, 3.8) is 0 Å². The zero-order chi connectivity index (χ0) is 16.2. The first-order chi connectivity index (χ1) is 10.7. The average Bonchev–Trinajstić information content (AvgIpc) is 2.52. The minimum atomic E-state index is -0.346. The number of esters is 1. The number of ether oxygens (including phenoxy) is 2. The molecule has 0 atom stereocenters. The van der Waals surface area contributed by atoms with E-state index in [1.807, 2.05) is 13.8 Å². The number of hydrogen-bond acceptors (Lipinski definition) is 4. The van der Waals surface area contributed by atoms with Gasteiger partial charge in [0.2, 0.25) is 0 Å². The summed E-state index contributed by atoms with van der Waals surface area (Å²) in [5.41, 5.74) is 1.08. The van der Waals surface area contributed by atoms with Crippen molar-refractivity contribution in [1.29, 1.82) is 0 Å². The fraction of sp³-hybridized carbons (Fsp3) is 0.500. The van der Waals surface area contributed by atoms with Gasteiger partial charge in [0.15, 0.2) is 0 Å². The molecule has 6 nitrogen and oxygen atoms in total. The second-order valence-electron chi connectivity index (χ2n) is 4.64. The number of amides is 2. The third-order valence-corrected chi connectivity index (χ3v) is 2.85. The van der Waals surface area contributed by atoms with Crippen LogP contribution in [0.4, 0.5) is 10.5 Å². The Morgan fingerprint density at radius 3 is 2.45 bits per heavy atom. The average molecular weight is 308 g/mol. The first-order valence-corrected chi connectivity index (χ1v) is 7.57. The summed E-state index contributed by atoms with van der Waals surface area (Å²) >= 11 is 0. The van der Waals surface area contributed by atoms with Gasteiger partial charge in [0.25, 0.3) is 0 Å². The molecule has 0 saturated heterocycles. The van der Waals surface area contributed by atoms with Crippen molar-refractivity contribution >= 4 is 17.7 Å². The Balaban J connectivity index is 2.37. The number of urea groups is 1. The molecule has 1 aromatic rings. The molecule has 0 unspecified atom stereocenters. The summed E-state index contributed by atoms with van der Waals surface area (Å²) in [6.07, 6.45) is 1.84. The van der Waals surface area contributed by atoms with Gasteiger partial charge in [-0.05, 0) is 37.6 Å². The molecule has 2 amide bonds. The van der Waals surface area contributed by atoms with Gasteiger partial charge in [-0.1, -0.05) is 13.3 Å². The molecule has 1 rings (SSSR count). The predicted molar refractivity (Wildman–Crippen MR) is 85.1 cm³/mol. The van der Waals surface area contributed by atoms with Crippen LogP contribution in [0.15, 0.2) is 24.3 Å².